The predicted octanol–water partition coefficient (Wildman–Crippen LogP) is 5.22. The zero-order chi connectivity index (χ0) is 21.5. The van der Waals surface area contributed by atoms with Gasteiger partial charge in [0.15, 0.2) is 5.82 Å². The molecule has 2 aromatic carbocycles. The van der Waals surface area contributed by atoms with Gasteiger partial charge < -0.3 is 19.9 Å². The minimum atomic E-state index is 0.470. The van der Waals surface area contributed by atoms with Crippen LogP contribution in [0.1, 0.15) is 16.7 Å². The molecule has 0 radical (unpaired) electrons. The van der Waals surface area contributed by atoms with Crippen LogP contribution >= 0.6 is 23.2 Å². The third-order valence-electron chi connectivity index (χ3n) is 5.92. The Morgan fingerprint density at radius 2 is 1.94 bits per heavy atom. The van der Waals surface area contributed by atoms with Gasteiger partial charge in [-0.05, 0) is 60.8 Å². The lowest BCUT2D eigenvalue weighted by molar-refractivity contribution is 0.312. The number of likely N-dealkylation sites (N-methyl/N-ethyl adjacent to an activating group) is 1. The number of fused-ring (bicyclic) bond motifs is 2. The van der Waals surface area contributed by atoms with Crippen molar-refractivity contribution in [1.29, 1.82) is 0 Å². The highest BCUT2D eigenvalue weighted by atomic mass is 35.5. The Morgan fingerprint density at radius 1 is 1.06 bits per heavy atom. The summed E-state index contributed by atoms with van der Waals surface area (Å²) < 4.78 is 5.64. The summed E-state index contributed by atoms with van der Waals surface area (Å²) in [6.45, 7) is 2.73. The molecule has 6 nitrogen and oxygen atoms in total. The molecular formula is C23H23Cl2N5O. The van der Waals surface area contributed by atoms with E-state index in [-0.39, 0.29) is 0 Å². The van der Waals surface area contributed by atoms with E-state index in [4.69, 9.17) is 32.9 Å². The highest BCUT2D eigenvalue weighted by Crippen LogP contribution is 2.40. The number of ether oxygens (including phenoxy) is 1. The maximum Gasteiger partial charge on any atom is 0.229 e. The minimum absolute atomic E-state index is 0.470. The monoisotopic (exact) mass is 455 g/mol. The van der Waals surface area contributed by atoms with Crippen molar-refractivity contribution in [3.05, 3.63) is 63.3 Å². The van der Waals surface area contributed by atoms with Gasteiger partial charge in [0.1, 0.15) is 10.8 Å². The highest BCUT2D eigenvalue weighted by molar-refractivity contribution is 6.33. The zero-order valence-corrected chi connectivity index (χ0v) is 19.0. The first-order valence-electron chi connectivity index (χ1n) is 10.3. The molecule has 1 N–H and O–H groups in total. The van der Waals surface area contributed by atoms with Gasteiger partial charge in [-0.2, -0.15) is 4.98 Å². The molecule has 8 heteroatoms. The van der Waals surface area contributed by atoms with Crippen molar-refractivity contribution in [2.45, 2.75) is 19.4 Å². The van der Waals surface area contributed by atoms with E-state index in [1.54, 1.807) is 13.3 Å². The van der Waals surface area contributed by atoms with Crippen LogP contribution in [0.5, 0.6) is 5.75 Å². The lowest BCUT2D eigenvalue weighted by Crippen LogP contribution is -2.26. The van der Waals surface area contributed by atoms with Crippen LogP contribution in [0.2, 0.25) is 10.0 Å². The number of rotatable bonds is 4. The van der Waals surface area contributed by atoms with Gasteiger partial charge in [0.25, 0.3) is 0 Å². The maximum atomic E-state index is 6.50. The van der Waals surface area contributed by atoms with Crippen LogP contribution in [0.4, 0.5) is 23.1 Å². The SMILES string of the molecule is COc1cc2c(cc1Nc1ncc(Cl)c(N3CCc4c(Cl)cccc43)n1)CN(C)CC2. The third-order valence-corrected chi connectivity index (χ3v) is 6.54. The number of anilines is 4. The second-order valence-electron chi connectivity index (χ2n) is 7.94. The quantitative estimate of drug-likeness (QED) is 0.581. The first-order chi connectivity index (χ1) is 15.0. The van der Waals surface area contributed by atoms with Gasteiger partial charge in [-0.25, -0.2) is 4.98 Å². The topological polar surface area (TPSA) is 53.5 Å². The first kappa shape index (κ1) is 20.4. The molecule has 1 aromatic heterocycles. The molecule has 0 saturated carbocycles. The summed E-state index contributed by atoms with van der Waals surface area (Å²) in [6, 6.07) is 10.1. The summed E-state index contributed by atoms with van der Waals surface area (Å²) in [7, 11) is 3.82. The van der Waals surface area contributed by atoms with Crippen molar-refractivity contribution in [2.75, 3.05) is 37.5 Å². The van der Waals surface area contributed by atoms with Crippen LogP contribution in [-0.4, -0.2) is 42.1 Å². The number of nitrogens with zero attached hydrogens (tertiary/aromatic N) is 4. The van der Waals surface area contributed by atoms with Crippen molar-refractivity contribution in [3.63, 3.8) is 0 Å². The molecule has 31 heavy (non-hydrogen) atoms. The summed E-state index contributed by atoms with van der Waals surface area (Å²) >= 11 is 12.9. The third kappa shape index (κ3) is 3.80. The number of nitrogens with one attached hydrogen (secondary N) is 1. The lowest BCUT2D eigenvalue weighted by Gasteiger charge is -2.26. The van der Waals surface area contributed by atoms with E-state index in [1.807, 2.05) is 18.2 Å². The molecule has 0 unspecified atom stereocenters. The van der Waals surface area contributed by atoms with Crippen molar-refractivity contribution in [3.8, 4) is 5.75 Å². The van der Waals surface area contributed by atoms with E-state index in [9.17, 15) is 0 Å². The fourth-order valence-electron chi connectivity index (χ4n) is 4.33. The highest BCUT2D eigenvalue weighted by Gasteiger charge is 2.26. The van der Waals surface area contributed by atoms with Gasteiger partial charge >= 0.3 is 0 Å². The molecule has 0 amide bonds. The second-order valence-corrected chi connectivity index (χ2v) is 8.75. The largest absolute Gasteiger partial charge is 0.495 e. The Balaban J connectivity index is 1.49. The summed E-state index contributed by atoms with van der Waals surface area (Å²) in [6.07, 6.45) is 3.50. The van der Waals surface area contributed by atoms with E-state index in [0.717, 1.165) is 60.2 Å². The Kier molecular flexibility index (Phi) is 5.38. The number of benzene rings is 2. The van der Waals surface area contributed by atoms with Gasteiger partial charge in [0.05, 0.1) is 19.0 Å². The number of hydrogen-bond acceptors (Lipinski definition) is 6. The van der Waals surface area contributed by atoms with Crippen LogP contribution in [-0.2, 0) is 19.4 Å². The van der Waals surface area contributed by atoms with Gasteiger partial charge in [0, 0.05) is 30.3 Å². The molecule has 5 rings (SSSR count). The standard InChI is InChI=1S/C23H23Cl2N5O/c1-29-8-6-14-11-21(31-2)19(10-15(14)13-29)27-23-26-12-18(25)22(28-23)30-9-7-16-17(24)4-3-5-20(16)30/h3-5,10-12H,6-9,13H2,1-2H3,(H,26,27,28). The molecule has 2 aliphatic rings. The molecule has 160 valence electrons. The zero-order valence-electron chi connectivity index (χ0n) is 17.5. The van der Waals surface area contributed by atoms with Crippen LogP contribution in [0.25, 0.3) is 0 Å². The molecule has 0 aliphatic carbocycles. The second kappa shape index (κ2) is 8.19. The lowest BCUT2D eigenvalue weighted by atomic mass is 9.99. The van der Waals surface area contributed by atoms with Crippen LogP contribution in [0, 0.1) is 0 Å². The van der Waals surface area contributed by atoms with Gasteiger partial charge in [-0.1, -0.05) is 29.3 Å². The summed E-state index contributed by atoms with van der Waals surface area (Å²) in [5.74, 6) is 1.91. The summed E-state index contributed by atoms with van der Waals surface area (Å²) in [5, 5.41) is 4.61. The smallest absolute Gasteiger partial charge is 0.229 e. The Morgan fingerprint density at radius 3 is 2.77 bits per heavy atom. The molecule has 0 saturated heterocycles. The van der Waals surface area contributed by atoms with Crippen molar-refractivity contribution in [2.24, 2.45) is 0 Å². The van der Waals surface area contributed by atoms with E-state index in [2.05, 4.69) is 39.3 Å². The molecule has 0 bridgehead atoms. The molecule has 3 aromatic rings. The average Bonchev–Trinajstić information content (AvgIpc) is 3.20. The number of halogens is 2. The number of methoxy groups -OCH3 is 1. The van der Waals surface area contributed by atoms with E-state index >= 15 is 0 Å². The average molecular weight is 456 g/mol. The fourth-order valence-corrected chi connectivity index (χ4v) is 4.79. The van der Waals surface area contributed by atoms with Crippen LogP contribution in [0.15, 0.2) is 36.5 Å². The summed E-state index contributed by atoms with van der Waals surface area (Å²) in [4.78, 5) is 13.6. The number of aromatic nitrogens is 2. The van der Waals surface area contributed by atoms with E-state index in [0.29, 0.717) is 16.8 Å². The Labute approximate surface area is 191 Å². The number of hydrogen-bond donors (Lipinski definition) is 1. The normalized spacial score (nSPS) is 15.5. The molecule has 2 aliphatic heterocycles. The van der Waals surface area contributed by atoms with E-state index < -0.39 is 0 Å². The molecule has 0 spiro atoms. The maximum absolute atomic E-state index is 6.50. The van der Waals surface area contributed by atoms with Crippen molar-refractivity contribution in [1.82, 2.24) is 14.9 Å². The van der Waals surface area contributed by atoms with Crippen molar-refractivity contribution >= 4 is 46.3 Å². The Bertz CT molecular complexity index is 1150. The van der Waals surface area contributed by atoms with Gasteiger partial charge in [-0.15, -0.1) is 0 Å². The molecule has 3 heterocycles. The van der Waals surface area contributed by atoms with Crippen LogP contribution in [0.3, 0.4) is 0 Å². The predicted molar refractivity (Wildman–Crippen MR) is 126 cm³/mol. The molecule has 0 fully saturated rings. The van der Waals surface area contributed by atoms with Crippen LogP contribution < -0.4 is 15.0 Å². The summed E-state index contributed by atoms with van der Waals surface area (Å²) in [5.41, 5.74) is 5.61. The first-order valence-corrected chi connectivity index (χ1v) is 11.0. The fraction of sp³-hybridized carbons (Fsp3) is 0.304. The van der Waals surface area contributed by atoms with Gasteiger partial charge in [-0.3, -0.25) is 0 Å². The molecule has 0 atom stereocenters. The van der Waals surface area contributed by atoms with E-state index in [1.165, 1.54) is 11.1 Å². The Hall–Kier alpha value is -2.54. The van der Waals surface area contributed by atoms with Crippen molar-refractivity contribution < 1.29 is 4.74 Å². The van der Waals surface area contributed by atoms with Gasteiger partial charge in [0.2, 0.25) is 5.95 Å². The minimum Gasteiger partial charge on any atom is -0.495 e. The molecular weight excluding hydrogens is 433 g/mol.